The first-order chi connectivity index (χ1) is 9.65. The third-order valence-electron chi connectivity index (χ3n) is 3.74. The second-order valence-corrected chi connectivity index (χ2v) is 4.86. The van der Waals surface area contributed by atoms with Gasteiger partial charge in [0.15, 0.2) is 0 Å². The summed E-state index contributed by atoms with van der Waals surface area (Å²) in [5, 5.41) is 20.5. The lowest BCUT2D eigenvalue weighted by atomic mass is 9.84. The Morgan fingerprint density at radius 3 is 2.65 bits per heavy atom. The van der Waals surface area contributed by atoms with Crippen LogP contribution in [0.4, 0.5) is 0 Å². The third-order valence-corrected chi connectivity index (χ3v) is 3.74. The summed E-state index contributed by atoms with van der Waals surface area (Å²) < 4.78 is 11.1. The predicted octanol–water partition coefficient (Wildman–Crippen LogP) is 2.36. The summed E-state index contributed by atoms with van der Waals surface area (Å²) in [5.41, 5.74) is 1.47. The van der Waals surface area contributed by atoms with Crippen LogP contribution < -0.4 is 4.74 Å². The molecule has 0 spiro atoms. The first-order valence-electron chi connectivity index (χ1n) is 6.44. The molecule has 0 amide bonds. The van der Waals surface area contributed by atoms with E-state index in [1.54, 1.807) is 6.07 Å². The molecule has 104 valence electrons. The number of aromatic hydroxyl groups is 1. The van der Waals surface area contributed by atoms with E-state index in [0.29, 0.717) is 11.3 Å². The van der Waals surface area contributed by atoms with E-state index in [1.807, 2.05) is 30.3 Å². The number of rotatable bonds is 2. The summed E-state index contributed by atoms with van der Waals surface area (Å²) in [6.07, 6.45) is 0. The Hall–Kier alpha value is -2.04. The van der Waals surface area contributed by atoms with E-state index >= 15 is 0 Å². The SMILES string of the molecule is COC1(O)c2ccc(O)cc2OCC1c1ccccc1. The second kappa shape index (κ2) is 4.81. The molecule has 2 unspecified atom stereocenters. The van der Waals surface area contributed by atoms with Crippen LogP contribution in [0.1, 0.15) is 17.0 Å². The van der Waals surface area contributed by atoms with E-state index < -0.39 is 5.79 Å². The van der Waals surface area contributed by atoms with Crippen LogP contribution in [-0.2, 0) is 10.5 Å². The Morgan fingerprint density at radius 2 is 1.95 bits per heavy atom. The van der Waals surface area contributed by atoms with Gasteiger partial charge in [0, 0.05) is 13.2 Å². The van der Waals surface area contributed by atoms with Crippen LogP contribution in [0.5, 0.6) is 11.5 Å². The van der Waals surface area contributed by atoms with Crippen LogP contribution in [0.3, 0.4) is 0 Å². The molecule has 0 bridgehead atoms. The summed E-state index contributed by atoms with van der Waals surface area (Å²) in [7, 11) is 1.47. The van der Waals surface area contributed by atoms with Crippen molar-refractivity contribution in [2.24, 2.45) is 0 Å². The highest BCUT2D eigenvalue weighted by atomic mass is 16.6. The lowest BCUT2D eigenvalue weighted by molar-refractivity contribution is -0.224. The highest BCUT2D eigenvalue weighted by Crippen LogP contribution is 2.46. The first kappa shape index (κ1) is 13.0. The minimum atomic E-state index is -1.47. The topological polar surface area (TPSA) is 58.9 Å². The summed E-state index contributed by atoms with van der Waals surface area (Å²) in [4.78, 5) is 0. The molecule has 4 heteroatoms. The summed E-state index contributed by atoms with van der Waals surface area (Å²) in [5.74, 6) is -1.25. The molecule has 4 nitrogen and oxygen atoms in total. The van der Waals surface area contributed by atoms with Gasteiger partial charge in [0.2, 0.25) is 5.79 Å². The smallest absolute Gasteiger partial charge is 0.206 e. The molecule has 0 aliphatic carbocycles. The number of benzene rings is 2. The molecule has 20 heavy (non-hydrogen) atoms. The van der Waals surface area contributed by atoms with Gasteiger partial charge in [0.1, 0.15) is 18.1 Å². The van der Waals surface area contributed by atoms with Crippen LogP contribution >= 0.6 is 0 Å². The zero-order valence-corrected chi connectivity index (χ0v) is 11.1. The van der Waals surface area contributed by atoms with Crippen molar-refractivity contribution in [2.45, 2.75) is 11.7 Å². The highest BCUT2D eigenvalue weighted by molar-refractivity contribution is 5.46. The Labute approximate surface area is 117 Å². The molecule has 3 rings (SSSR count). The van der Waals surface area contributed by atoms with Crippen molar-refractivity contribution in [3.05, 3.63) is 59.7 Å². The quantitative estimate of drug-likeness (QED) is 0.824. The predicted molar refractivity (Wildman–Crippen MR) is 73.7 cm³/mol. The second-order valence-electron chi connectivity index (χ2n) is 4.86. The van der Waals surface area contributed by atoms with E-state index in [4.69, 9.17) is 9.47 Å². The molecule has 2 aromatic carbocycles. The van der Waals surface area contributed by atoms with Gasteiger partial charge in [-0.2, -0.15) is 0 Å². The van der Waals surface area contributed by atoms with E-state index in [0.717, 1.165) is 5.56 Å². The molecule has 2 aromatic rings. The molecule has 0 radical (unpaired) electrons. The average molecular weight is 272 g/mol. The molecule has 2 atom stereocenters. The van der Waals surface area contributed by atoms with E-state index in [1.165, 1.54) is 19.2 Å². The van der Waals surface area contributed by atoms with Crippen molar-refractivity contribution in [3.8, 4) is 11.5 Å². The molecule has 0 saturated heterocycles. The molecule has 1 aliphatic rings. The van der Waals surface area contributed by atoms with Crippen molar-refractivity contribution in [1.29, 1.82) is 0 Å². The van der Waals surface area contributed by atoms with Crippen molar-refractivity contribution in [1.82, 2.24) is 0 Å². The van der Waals surface area contributed by atoms with Crippen LogP contribution in [0.2, 0.25) is 0 Å². The van der Waals surface area contributed by atoms with Gasteiger partial charge in [0.05, 0.1) is 11.5 Å². The zero-order chi connectivity index (χ0) is 14.2. The fraction of sp³-hybridized carbons (Fsp3) is 0.250. The standard InChI is InChI=1S/C16H16O4/c1-19-16(18)13-8-7-12(17)9-15(13)20-10-14(16)11-5-3-2-4-6-11/h2-9,14,17-18H,10H2,1H3. The average Bonchev–Trinajstić information content (AvgIpc) is 2.48. The van der Waals surface area contributed by atoms with Crippen LogP contribution in [0, 0.1) is 0 Å². The zero-order valence-electron chi connectivity index (χ0n) is 11.1. The monoisotopic (exact) mass is 272 g/mol. The maximum atomic E-state index is 11.0. The number of hydrogen-bond acceptors (Lipinski definition) is 4. The number of phenolic OH excluding ortho intramolecular Hbond substituents is 1. The molecular weight excluding hydrogens is 256 g/mol. The molecule has 0 aromatic heterocycles. The molecule has 2 N–H and O–H groups in total. The number of aliphatic hydroxyl groups is 1. The summed E-state index contributed by atoms with van der Waals surface area (Å²) >= 11 is 0. The van der Waals surface area contributed by atoms with Gasteiger partial charge in [-0.05, 0) is 17.7 Å². The lowest BCUT2D eigenvalue weighted by Gasteiger charge is -2.40. The molecule has 0 saturated carbocycles. The summed E-state index contributed by atoms with van der Waals surface area (Å²) in [6, 6.07) is 14.2. The number of methoxy groups -OCH3 is 1. The van der Waals surface area contributed by atoms with Crippen LogP contribution in [0.25, 0.3) is 0 Å². The van der Waals surface area contributed by atoms with Gasteiger partial charge < -0.3 is 19.7 Å². The highest BCUT2D eigenvalue weighted by Gasteiger charge is 2.45. The molecule has 1 aliphatic heterocycles. The number of fused-ring (bicyclic) bond motifs is 1. The Bertz CT molecular complexity index is 611. The van der Waals surface area contributed by atoms with Gasteiger partial charge in [-0.3, -0.25) is 0 Å². The van der Waals surface area contributed by atoms with Crippen molar-refractivity contribution in [3.63, 3.8) is 0 Å². The van der Waals surface area contributed by atoms with Gasteiger partial charge in [-0.1, -0.05) is 30.3 Å². The fourth-order valence-electron chi connectivity index (χ4n) is 2.66. The van der Waals surface area contributed by atoms with Crippen molar-refractivity contribution in [2.75, 3.05) is 13.7 Å². The molecule has 0 fully saturated rings. The number of phenols is 1. The lowest BCUT2D eigenvalue weighted by Crippen LogP contribution is -2.42. The Morgan fingerprint density at radius 1 is 1.20 bits per heavy atom. The van der Waals surface area contributed by atoms with Crippen molar-refractivity contribution < 1.29 is 19.7 Å². The van der Waals surface area contributed by atoms with Crippen LogP contribution in [-0.4, -0.2) is 23.9 Å². The van der Waals surface area contributed by atoms with Gasteiger partial charge >= 0.3 is 0 Å². The van der Waals surface area contributed by atoms with Crippen molar-refractivity contribution >= 4 is 0 Å². The van der Waals surface area contributed by atoms with E-state index in [9.17, 15) is 10.2 Å². The number of ether oxygens (including phenoxy) is 2. The normalized spacial score (nSPS) is 24.8. The third kappa shape index (κ3) is 1.94. The largest absolute Gasteiger partial charge is 0.508 e. The minimum Gasteiger partial charge on any atom is -0.508 e. The summed E-state index contributed by atoms with van der Waals surface area (Å²) in [6.45, 7) is 0.283. The minimum absolute atomic E-state index is 0.0976. The molecule has 1 heterocycles. The Kier molecular flexibility index (Phi) is 3.12. The Balaban J connectivity index is 2.10. The molecular formula is C16H16O4. The fourth-order valence-corrected chi connectivity index (χ4v) is 2.66. The van der Waals surface area contributed by atoms with Gasteiger partial charge in [0.25, 0.3) is 0 Å². The first-order valence-corrected chi connectivity index (χ1v) is 6.44. The van der Waals surface area contributed by atoms with Crippen LogP contribution in [0.15, 0.2) is 48.5 Å². The van der Waals surface area contributed by atoms with Gasteiger partial charge in [-0.15, -0.1) is 0 Å². The van der Waals surface area contributed by atoms with Gasteiger partial charge in [-0.25, -0.2) is 0 Å². The maximum absolute atomic E-state index is 11.0. The van der Waals surface area contributed by atoms with E-state index in [-0.39, 0.29) is 18.3 Å². The maximum Gasteiger partial charge on any atom is 0.206 e. The van der Waals surface area contributed by atoms with E-state index in [2.05, 4.69) is 0 Å². The number of hydrogen-bond donors (Lipinski definition) is 2.